The molecule has 2 nitrogen and oxygen atoms in total. The number of aliphatic hydroxyl groups excluding tert-OH is 1. The van der Waals surface area contributed by atoms with Crippen molar-refractivity contribution in [2.75, 3.05) is 0 Å². The summed E-state index contributed by atoms with van der Waals surface area (Å²) in [4.78, 5) is 1.03. The lowest BCUT2D eigenvalue weighted by Gasteiger charge is -2.10. The highest BCUT2D eigenvalue weighted by atomic mass is 32.1. The van der Waals surface area contributed by atoms with E-state index < -0.39 is 0 Å². The SMILES string of the molecule is OC(CCc1cccc(OCc2ccccc2)c1)c1cccs1. The van der Waals surface area contributed by atoms with E-state index in [9.17, 15) is 5.11 Å². The predicted octanol–water partition coefficient (Wildman–Crippen LogP) is 4.99. The van der Waals surface area contributed by atoms with E-state index in [4.69, 9.17) is 4.74 Å². The molecule has 0 fully saturated rings. The number of hydrogen-bond donors (Lipinski definition) is 1. The largest absolute Gasteiger partial charge is 0.489 e. The lowest BCUT2D eigenvalue weighted by Crippen LogP contribution is -1.98. The number of benzene rings is 2. The monoisotopic (exact) mass is 324 g/mol. The molecule has 0 amide bonds. The van der Waals surface area contributed by atoms with Gasteiger partial charge in [0.2, 0.25) is 0 Å². The molecule has 0 aliphatic carbocycles. The molecule has 1 atom stereocenters. The van der Waals surface area contributed by atoms with Gasteiger partial charge in [-0.05, 0) is 47.5 Å². The molecule has 0 bridgehead atoms. The number of rotatable bonds is 7. The van der Waals surface area contributed by atoms with Crippen LogP contribution < -0.4 is 4.74 Å². The number of ether oxygens (including phenoxy) is 1. The Hall–Kier alpha value is -2.10. The maximum Gasteiger partial charge on any atom is 0.120 e. The van der Waals surface area contributed by atoms with Crippen molar-refractivity contribution in [3.8, 4) is 5.75 Å². The number of thiophene rings is 1. The van der Waals surface area contributed by atoms with Crippen LogP contribution in [0.25, 0.3) is 0 Å². The van der Waals surface area contributed by atoms with Gasteiger partial charge in [0.1, 0.15) is 12.4 Å². The summed E-state index contributed by atoms with van der Waals surface area (Å²) in [5.41, 5.74) is 2.34. The quantitative estimate of drug-likeness (QED) is 0.663. The summed E-state index contributed by atoms with van der Waals surface area (Å²) in [5.74, 6) is 0.872. The fourth-order valence-electron chi connectivity index (χ4n) is 2.46. The second-order valence-corrected chi connectivity index (χ2v) is 6.47. The van der Waals surface area contributed by atoms with Crippen LogP contribution in [0.15, 0.2) is 72.1 Å². The Morgan fingerprint density at radius 3 is 2.52 bits per heavy atom. The van der Waals surface area contributed by atoms with Gasteiger partial charge >= 0.3 is 0 Å². The summed E-state index contributed by atoms with van der Waals surface area (Å²) in [6.07, 6.45) is 1.17. The maximum absolute atomic E-state index is 10.2. The molecule has 3 rings (SSSR count). The molecule has 1 unspecified atom stereocenters. The van der Waals surface area contributed by atoms with Crippen LogP contribution in [-0.4, -0.2) is 5.11 Å². The van der Waals surface area contributed by atoms with Crippen LogP contribution in [0.4, 0.5) is 0 Å². The topological polar surface area (TPSA) is 29.5 Å². The van der Waals surface area contributed by atoms with Gasteiger partial charge in [0.25, 0.3) is 0 Å². The first-order chi connectivity index (χ1) is 11.3. The van der Waals surface area contributed by atoms with Crippen molar-refractivity contribution in [2.45, 2.75) is 25.6 Å². The standard InChI is InChI=1S/C20H20O2S/c21-19(20-10-5-13-23-20)12-11-16-8-4-9-18(14-16)22-15-17-6-2-1-3-7-17/h1-10,13-14,19,21H,11-12,15H2. The van der Waals surface area contributed by atoms with Crippen LogP contribution in [0.2, 0.25) is 0 Å². The fraction of sp³-hybridized carbons (Fsp3) is 0.200. The van der Waals surface area contributed by atoms with Gasteiger partial charge in [0.15, 0.2) is 0 Å². The zero-order valence-electron chi connectivity index (χ0n) is 12.9. The molecule has 1 heterocycles. The molecular formula is C20H20O2S. The average Bonchev–Trinajstić information content (AvgIpc) is 3.14. The zero-order valence-corrected chi connectivity index (χ0v) is 13.7. The minimum Gasteiger partial charge on any atom is -0.489 e. The van der Waals surface area contributed by atoms with Crippen LogP contribution in [0.5, 0.6) is 5.75 Å². The van der Waals surface area contributed by atoms with Gasteiger partial charge in [-0.2, -0.15) is 0 Å². The molecule has 0 saturated heterocycles. The first kappa shape index (κ1) is 15.8. The molecule has 1 N–H and O–H groups in total. The normalized spacial score (nSPS) is 12.0. The van der Waals surface area contributed by atoms with Crippen LogP contribution in [0.1, 0.15) is 28.5 Å². The van der Waals surface area contributed by atoms with Crippen molar-refractivity contribution >= 4 is 11.3 Å². The molecular weight excluding hydrogens is 304 g/mol. The Bertz CT molecular complexity index is 708. The zero-order chi connectivity index (χ0) is 15.9. The predicted molar refractivity (Wildman–Crippen MR) is 94.8 cm³/mol. The molecule has 3 aromatic rings. The number of aryl methyl sites for hydroxylation is 1. The average molecular weight is 324 g/mol. The van der Waals surface area contributed by atoms with E-state index >= 15 is 0 Å². The van der Waals surface area contributed by atoms with Gasteiger partial charge in [-0.1, -0.05) is 48.5 Å². The smallest absolute Gasteiger partial charge is 0.120 e. The van der Waals surface area contributed by atoms with Crippen molar-refractivity contribution in [3.63, 3.8) is 0 Å². The van der Waals surface area contributed by atoms with E-state index in [1.165, 1.54) is 5.56 Å². The van der Waals surface area contributed by atoms with Gasteiger partial charge in [-0.15, -0.1) is 11.3 Å². The van der Waals surface area contributed by atoms with Crippen molar-refractivity contribution in [3.05, 3.63) is 88.1 Å². The lowest BCUT2D eigenvalue weighted by molar-refractivity contribution is 0.171. The second-order valence-electron chi connectivity index (χ2n) is 5.49. The third kappa shape index (κ3) is 4.68. The van der Waals surface area contributed by atoms with Crippen LogP contribution >= 0.6 is 11.3 Å². The molecule has 0 saturated carbocycles. The first-order valence-corrected chi connectivity index (χ1v) is 8.66. The van der Waals surface area contributed by atoms with E-state index in [2.05, 4.69) is 24.3 Å². The maximum atomic E-state index is 10.2. The van der Waals surface area contributed by atoms with E-state index in [0.29, 0.717) is 6.61 Å². The van der Waals surface area contributed by atoms with Crippen molar-refractivity contribution in [1.82, 2.24) is 0 Å². The lowest BCUT2D eigenvalue weighted by atomic mass is 10.1. The Morgan fingerprint density at radius 2 is 1.74 bits per heavy atom. The van der Waals surface area contributed by atoms with Crippen molar-refractivity contribution in [2.24, 2.45) is 0 Å². The van der Waals surface area contributed by atoms with Gasteiger partial charge in [0.05, 0.1) is 6.10 Å². The summed E-state index contributed by atoms with van der Waals surface area (Å²) in [5, 5.41) is 12.2. The summed E-state index contributed by atoms with van der Waals surface area (Å²) < 4.78 is 5.85. The highest BCUT2D eigenvalue weighted by Gasteiger charge is 2.08. The van der Waals surface area contributed by atoms with E-state index in [0.717, 1.165) is 29.0 Å². The molecule has 118 valence electrons. The Kier molecular flexibility index (Phi) is 5.46. The van der Waals surface area contributed by atoms with E-state index in [1.54, 1.807) is 11.3 Å². The van der Waals surface area contributed by atoms with E-state index in [1.807, 2.05) is 47.8 Å². The Morgan fingerprint density at radius 1 is 0.913 bits per heavy atom. The van der Waals surface area contributed by atoms with Crippen LogP contribution in [0, 0.1) is 0 Å². The van der Waals surface area contributed by atoms with Gasteiger partial charge in [0, 0.05) is 4.88 Å². The summed E-state index contributed by atoms with van der Waals surface area (Å²) in [7, 11) is 0. The van der Waals surface area contributed by atoms with Crippen LogP contribution in [0.3, 0.4) is 0 Å². The molecule has 3 heteroatoms. The molecule has 1 aromatic heterocycles. The highest BCUT2D eigenvalue weighted by Crippen LogP contribution is 2.24. The minimum absolute atomic E-state index is 0.385. The summed E-state index contributed by atoms with van der Waals surface area (Å²) in [6, 6.07) is 22.2. The van der Waals surface area contributed by atoms with Gasteiger partial charge in [-0.3, -0.25) is 0 Å². The van der Waals surface area contributed by atoms with Crippen molar-refractivity contribution in [1.29, 1.82) is 0 Å². The number of hydrogen-bond acceptors (Lipinski definition) is 3. The molecule has 0 aliphatic rings. The molecule has 0 aliphatic heterocycles. The first-order valence-electron chi connectivity index (χ1n) is 7.78. The summed E-state index contributed by atoms with van der Waals surface area (Å²) in [6.45, 7) is 0.572. The van der Waals surface area contributed by atoms with Gasteiger partial charge in [-0.25, -0.2) is 0 Å². The Labute approximate surface area is 141 Å². The molecule has 0 spiro atoms. The van der Waals surface area contributed by atoms with Gasteiger partial charge < -0.3 is 9.84 Å². The molecule has 0 radical (unpaired) electrons. The van der Waals surface area contributed by atoms with Crippen molar-refractivity contribution < 1.29 is 9.84 Å². The second kappa shape index (κ2) is 7.95. The third-order valence-electron chi connectivity index (χ3n) is 3.72. The fourth-order valence-corrected chi connectivity index (χ4v) is 3.20. The highest BCUT2D eigenvalue weighted by molar-refractivity contribution is 7.10. The van der Waals surface area contributed by atoms with Crippen LogP contribution in [-0.2, 0) is 13.0 Å². The third-order valence-corrected chi connectivity index (χ3v) is 4.70. The van der Waals surface area contributed by atoms with E-state index in [-0.39, 0.29) is 6.10 Å². The minimum atomic E-state index is -0.385. The Balaban J connectivity index is 1.55. The molecule has 23 heavy (non-hydrogen) atoms. The number of aliphatic hydroxyl groups is 1. The summed E-state index contributed by atoms with van der Waals surface area (Å²) >= 11 is 1.60. The molecule has 2 aromatic carbocycles.